The monoisotopic (exact) mass is 516 g/mol. The number of fused-ring (bicyclic) bond motifs is 3. The molecule has 2 N–H and O–H groups in total. The third-order valence-electron chi connectivity index (χ3n) is 6.34. The van der Waals surface area contributed by atoms with Gasteiger partial charge in [0.2, 0.25) is 0 Å². The molecule has 0 spiro atoms. The zero-order chi connectivity index (χ0) is 27.1. The molecule has 1 aliphatic carbocycles. The van der Waals surface area contributed by atoms with E-state index in [4.69, 9.17) is 9.57 Å². The third kappa shape index (κ3) is 6.18. The summed E-state index contributed by atoms with van der Waals surface area (Å²) in [5.41, 5.74) is 4.54. The lowest BCUT2D eigenvalue weighted by Crippen LogP contribution is -2.42. The van der Waals surface area contributed by atoms with Gasteiger partial charge in [-0.15, -0.1) is 0 Å². The van der Waals surface area contributed by atoms with Gasteiger partial charge in [0, 0.05) is 12.8 Å². The van der Waals surface area contributed by atoms with Crippen molar-refractivity contribution in [3.63, 3.8) is 0 Å². The number of hydrogen-bond acceptors (Lipinski definition) is 6. The highest BCUT2D eigenvalue weighted by atomic mass is 16.7. The highest BCUT2D eigenvalue weighted by Crippen LogP contribution is 2.44. The van der Waals surface area contributed by atoms with Crippen LogP contribution < -0.4 is 5.32 Å². The molecule has 9 heteroatoms. The Hall–Kier alpha value is -4.66. The topological polar surface area (TPSA) is 122 Å². The lowest BCUT2D eigenvalue weighted by atomic mass is 9.98. The van der Waals surface area contributed by atoms with E-state index in [0.717, 1.165) is 27.3 Å². The number of nitrogens with one attached hydrogen (secondary N) is 1. The average Bonchev–Trinajstić information content (AvgIpc) is 3.24. The second-order valence-corrected chi connectivity index (χ2v) is 8.87. The largest absolute Gasteiger partial charge is 0.480 e. The van der Waals surface area contributed by atoms with Crippen molar-refractivity contribution in [1.82, 2.24) is 10.4 Å². The molecule has 4 rings (SSSR count). The maximum absolute atomic E-state index is 12.5. The van der Waals surface area contributed by atoms with Crippen molar-refractivity contribution >= 4 is 23.9 Å². The molecule has 0 heterocycles. The first-order valence-electron chi connectivity index (χ1n) is 12.2. The molecule has 9 nitrogen and oxygen atoms in total. The fourth-order valence-corrected chi connectivity index (χ4v) is 4.47. The van der Waals surface area contributed by atoms with Gasteiger partial charge in [-0.25, -0.2) is 14.4 Å². The van der Waals surface area contributed by atoms with Gasteiger partial charge >= 0.3 is 18.0 Å². The summed E-state index contributed by atoms with van der Waals surface area (Å²) < 4.78 is 5.44. The fourth-order valence-electron chi connectivity index (χ4n) is 4.47. The number of hydrogen-bond donors (Lipinski definition) is 2. The molecule has 0 radical (unpaired) electrons. The number of carbonyl (C=O) groups excluding carboxylic acids is 3. The molecule has 0 saturated heterocycles. The Kier molecular flexibility index (Phi) is 8.37. The number of aliphatic carboxylic acids is 1. The fraction of sp³-hybridized carbons (Fsp3) is 0.241. The van der Waals surface area contributed by atoms with Gasteiger partial charge in [-0.3, -0.25) is 4.79 Å². The molecule has 2 amide bonds. The molecule has 1 aliphatic rings. The van der Waals surface area contributed by atoms with Crippen molar-refractivity contribution in [1.29, 1.82) is 0 Å². The molecule has 0 fully saturated rings. The minimum Gasteiger partial charge on any atom is -0.480 e. The number of carboxylic acids is 1. The average molecular weight is 517 g/mol. The van der Waals surface area contributed by atoms with E-state index in [9.17, 15) is 24.3 Å². The summed E-state index contributed by atoms with van der Waals surface area (Å²) in [6.45, 7) is 1.26. The Balaban J connectivity index is 1.30. The van der Waals surface area contributed by atoms with Crippen LogP contribution >= 0.6 is 0 Å². The van der Waals surface area contributed by atoms with E-state index in [1.807, 2.05) is 48.5 Å². The van der Waals surface area contributed by atoms with Crippen LogP contribution in [0.3, 0.4) is 0 Å². The second kappa shape index (κ2) is 12.1. The number of benzene rings is 3. The minimum atomic E-state index is -1.25. The molecule has 0 aliphatic heterocycles. The summed E-state index contributed by atoms with van der Waals surface area (Å²) in [4.78, 5) is 53.6. The molecule has 0 unspecified atom stereocenters. The van der Waals surface area contributed by atoms with Gasteiger partial charge in [0.05, 0.1) is 12.1 Å². The molecule has 38 heavy (non-hydrogen) atoms. The van der Waals surface area contributed by atoms with Crippen LogP contribution in [0.5, 0.6) is 0 Å². The van der Waals surface area contributed by atoms with Crippen molar-refractivity contribution in [3.8, 4) is 11.1 Å². The van der Waals surface area contributed by atoms with Crippen LogP contribution in [0.15, 0.2) is 78.9 Å². The standard InChI is InChI=1S/C29H28N2O7/c1-19(32)31(38-28(35)20-10-3-2-4-11-20)17-9-16-26(27(33)34)30-29(36)37-18-25-23-14-7-5-12-21(23)22-13-6-8-15-24(22)25/h2-8,10-15,25-26H,9,16-18H2,1H3,(H,30,36)(H,33,34)/t26-/m0/s1. The summed E-state index contributed by atoms with van der Waals surface area (Å²) in [6, 6.07) is 22.8. The van der Waals surface area contributed by atoms with Crippen molar-refractivity contribution < 1.29 is 33.9 Å². The first-order valence-corrected chi connectivity index (χ1v) is 12.2. The molecule has 0 bridgehead atoms. The van der Waals surface area contributed by atoms with Crippen LogP contribution in [-0.4, -0.2) is 53.3 Å². The molecule has 0 saturated carbocycles. The van der Waals surface area contributed by atoms with Crippen molar-refractivity contribution in [2.45, 2.75) is 31.7 Å². The van der Waals surface area contributed by atoms with Crippen LogP contribution in [0.1, 0.15) is 47.2 Å². The number of hydroxylamine groups is 2. The first-order chi connectivity index (χ1) is 18.3. The van der Waals surface area contributed by atoms with E-state index in [2.05, 4.69) is 5.32 Å². The first kappa shape index (κ1) is 26.4. The zero-order valence-electron chi connectivity index (χ0n) is 20.8. The lowest BCUT2D eigenvalue weighted by molar-refractivity contribution is -0.165. The molecular formula is C29H28N2O7. The van der Waals surface area contributed by atoms with Gasteiger partial charge in [-0.05, 0) is 47.2 Å². The Morgan fingerprint density at radius 1 is 0.895 bits per heavy atom. The normalized spacial score (nSPS) is 12.6. The predicted molar refractivity (Wildman–Crippen MR) is 138 cm³/mol. The molecule has 196 valence electrons. The minimum absolute atomic E-state index is 0.00774. The number of amides is 2. The summed E-state index contributed by atoms with van der Waals surface area (Å²) in [7, 11) is 0. The number of carbonyl (C=O) groups is 4. The maximum atomic E-state index is 12.5. The lowest BCUT2D eigenvalue weighted by Gasteiger charge is -2.21. The summed E-state index contributed by atoms with van der Waals surface area (Å²) in [5.74, 6) is -2.60. The number of rotatable bonds is 9. The van der Waals surface area contributed by atoms with E-state index in [1.165, 1.54) is 6.92 Å². The van der Waals surface area contributed by atoms with E-state index < -0.39 is 30.0 Å². The Labute approximate surface area is 219 Å². The van der Waals surface area contributed by atoms with E-state index >= 15 is 0 Å². The van der Waals surface area contributed by atoms with Crippen LogP contribution in [0.4, 0.5) is 4.79 Å². The van der Waals surface area contributed by atoms with Crippen molar-refractivity contribution in [2.75, 3.05) is 13.2 Å². The van der Waals surface area contributed by atoms with Gasteiger partial charge in [0.1, 0.15) is 12.6 Å². The number of alkyl carbamates (subject to hydrolysis) is 1. The predicted octanol–water partition coefficient (Wildman–Crippen LogP) is 4.38. The third-order valence-corrected chi connectivity index (χ3v) is 6.34. The van der Waals surface area contributed by atoms with Crippen molar-refractivity contribution in [3.05, 3.63) is 95.6 Å². The number of ether oxygens (including phenoxy) is 1. The highest BCUT2D eigenvalue weighted by Gasteiger charge is 2.30. The van der Waals surface area contributed by atoms with Crippen LogP contribution in [0.25, 0.3) is 11.1 Å². The number of nitrogens with zero attached hydrogens (tertiary/aromatic N) is 1. The van der Waals surface area contributed by atoms with Gasteiger partial charge in [-0.1, -0.05) is 66.7 Å². The molecule has 3 aromatic rings. The van der Waals surface area contributed by atoms with Crippen molar-refractivity contribution in [2.24, 2.45) is 0 Å². The smallest absolute Gasteiger partial charge is 0.407 e. The zero-order valence-corrected chi connectivity index (χ0v) is 20.8. The van der Waals surface area contributed by atoms with E-state index in [0.29, 0.717) is 0 Å². The summed E-state index contributed by atoms with van der Waals surface area (Å²) in [6.07, 6.45) is -0.702. The van der Waals surface area contributed by atoms with Gasteiger partial charge in [0.25, 0.3) is 5.91 Å². The maximum Gasteiger partial charge on any atom is 0.407 e. The van der Waals surface area contributed by atoms with Gasteiger partial charge < -0.3 is 20.0 Å². The highest BCUT2D eigenvalue weighted by molar-refractivity contribution is 5.90. The number of carboxylic acid groups (broad SMARTS) is 1. The van der Waals surface area contributed by atoms with Crippen LogP contribution in [0.2, 0.25) is 0 Å². The van der Waals surface area contributed by atoms with Gasteiger partial charge in [0.15, 0.2) is 0 Å². The summed E-state index contributed by atoms with van der Waals surface area (Å²) >= 11 is 0. The van der Waals surface area contributed by atoms with E-state index in [1.54, 1.807) is 30.3 Å². The van der Waals surface area contributed by atoms with Crippen LogP contribution in [-0.2, 0) is 19.2 Å². The second-order valence-electron chi connectivity index (χ2n) is 8.87. The summed E-state index contributed by atoms with van der Waals surface area (Å²) in [5, 5.41) is 12.9. The SMILES string of the molecule is CC(=O)N(CCC[C@H](NC(=O)OCC1c2ccccc2-c2ccccc21)C(=O)O)OC(=O)c1ccccc1. The Morgan fingerprint density at radius 2 is 1.47 bits per heavy atom. The molecule has 1 atom stereocenters. The molecular weight excluding hydrogens is 488 g/mol. The van der Waals surface area contributed by atoms with Crippen LogP contribution in [0, 0.1) is 0 Å². The Morgan fingerprint density at radius 3 is 2.05 bits per heavy atom. The molecule has 0 aromatic heterocycles. The Bertz CT molecular complexity index is 1280. The molecule has 3 aromatic carbocycles. The quantitative estimate of drug-likeness (QED) is 0.405. The van der Waals surface area contributed by atoms with E-state index in [-0.39, 0.29) is 37.5 Å². The van der Waals surface area contributed by atoms with Gasteiger partial charge in [-0.2, -0.15) is 5.06 Å².